The Morgan fingerprint density at radius 3 is 1.96 bits per heavy atom. The Kier molecular flexibility index (Phi) is 4.79. The third-order valence-corrected chi connectivity index (χ3v) is 4.69. The molecule has 0 amide bonds. The van der Waals surface area contributed by atoms with Crippen molar-refractivity contribution in [3.05, 3.63) is 97.2 Å². The van der Waals surface area contributed by atoms with Gasteiger partial charge in [-0.3, -0.25) is 4.98 Å². The van der Waals surface area contributed by atoms with E-state index in [1.54, 1.807) is 0 Å². The number of rotatable bonds is 2. The molecule has 27 heavy (non-hydrogen) atoms. The second kappa shape index (κ2) is 7.38. The van der Waals surface area contributed by atoms with Crippen molar-refractivity contribution in [3.63, 3.8) is 0 Å². The van der Waals surface area contributed by atoms with Crippen LogP contribution in [0.3, 0.4) is 0 Å². The summed E-state index contributed by atoms with van der Waals surface area (Å²) in [5.74, 6) is 0. The van der Waals surface area contributed by atoms with Crippen molar-refractivity contribution in [2.75, 3.05) is 0 Å². The van der Waals surface area contributed by atoms with Gasteiger partial charge in [0.25, 0.3) is 0 Å². The monoisotopic (exact) mass is 434 g/mol. The number of pyridine rings is 2. The van der Waals surface area contributed by atoms with Gasteiger partial charge in [-0.25, -0.2) is 4.98 Å². The molecule has 0 radical (unpaired) electrons. The van der Waals surface area contributed by atoms with E-state index in [9.17, 15) is 0 Å². The van der Waals surface area contributed by atoms with Gasteiger partial charge < -0.3 is 0 Å². The summed E-state index contributed by atoms with van der Waals surface area (Å²) < 4.78 is 0. The topological polar surface area (TPSA) is 25.8 Å². The molecule has 0 unspecified atom stereocenters. The van der Waals surface area contributed by atoms with Gasteiger partial charge in [0.2, 0.25) is 0 Å². The van der Waals surface area contributed by atoms with Crippen LogP contribution in [0.2, 0.25) is 0 Å². The molecule has 0 fully saturated rings. The molecule has 0 saturated carbocycles. The zero-order chi connectivity index (χ0) is 17.3. The Balaban J connectivity index is 0.00000180. The summed E-state index contributed by atoms with van der Waals surface area (Å²) in [4.78, 5) is 9.67. The Labute approximate surface area is 170 Å². The van der Waals surface area contributed by atoms with Crippen molar-refractivity contribution in [2.24, 2.45) is 0 Å². The van der Waals surface area contributed by atoms with E-state index in [0.717, 1.165) is 38.6 Å². The number of hydrogen-bond donors (Lipinski definition) is 0. The number of hydrogen-bond acceptors (Lipinski definition) is 2. The minimum atomic E-state index is 0. The number of aromatic nitrogens is 2. The fraction of sp³-hybridized carbons (Fsp3) is 0. The maximum atomic E-state index is 5.09. The van der Waals surface area contributed by atoms with Crippen LogP contribution in [-0.2, 0) is 19.5 Å². The van der Waals surface area contributed by atoms with E-state index in [-0.39, 0.29) is 19.5 Å². The van der Waals surface area contributed by atoms with Crippen LogP contribution in [0.15, 0.2) is 97.2 Å². The SMILES string of the molecule is [Ru+2].c1ccc(-c2cc3ccc4cccnc4c3nc2-c2ccccc2)cc1. The standard InChI is InChI=1S/C24H16N2.Ru/c1-3-8-17(9-4-1)21-16-20-14-13-19-12-7-15-25-23(19)24(20)26-22(21)18-10-5-2-6-11-18;/h1-16H;/q;+2. The number of benzene rings is 3. The fourth-order valence-corrected chi connectivity index (χ4v) is 3.43. The fourth-order valence-electron chi connectivity index (χ4n) is 3.43. The van der Waals surface area contributed by atoms with Crippen molar-refractivity contribution >= 4 is 21.8 Å². The van der Waals surface area contributed by atoms with Crippen LogP contribution in [0.1, 0.15) is 0 Å². The third-order valence-electron chi connectivity index (χ3n) is 4.69. The quantitative estimate of drug-likeness (QED) is 0.248. The van der Waals surface area contributed by atoms with E-state index in [1.807, 2.05) is 24.4 Å². The molecule has 0 spiro atoms. The van der Waals surface area contributed by atoms with Crippen LogP contribution >= 0.6 is 0 Å². The van der Waals surface area contributed by atoms with Gasteiger partial charge in [0, 0.05) is 28.1 Å². The first-order valence-electron chi connectivity index (χ1n) is 8.69. The molecule has 5 aromatic rings. The van der Waals surface area contributed by atoms with Crippen LogP contribution in [0.4, 0.5) is 0 Å². The summed E-state index contributed by atoms with van der Waals surface area (Å²) in [6, 6.07) is 31.3. The molecular formula is C24H16N2Ru+2. The summed E-state index contributed by atoms with van der Waals surface area (Å²) in [5.41, 5.74) is 6.30. The molecule has 0 bridgehead atoms. The van der Waals surface area contributed by atoms with Crippen LogP contribution < -0.4 is 0 Å². The van der Waals surface area contributed by atoms with Crippen molar-refractivity contribution < 1.29 is 19.5 Å². The van der Waals surface area contributed by atoms with Gasteiger partial charge in [-0.05, 0) is 17.7 Å². The second-order valence-corrected chi connectivity index (χ2v) is 6.33. The van der Waals surface area contributed by atoms with E-state index in [1.165, 1.54) is 5.56 Å². The molecule has 2 heterocycles. The first-order valence-corrected chi connectivity index (χ1v) is 8.69. The predicted octanol–water partition coefficient (Wildman–Crippen LogP) is 6.11. The summed E-state index contributed by atoms with van der Waals surface area (Å²) in [5, 5.41) is 2.22. The largest absolute Gasteiger partial charge is 2.00 e. The zero-order valence-corrected chi connectivity index (χ0v) is 16.2. The van der Waals surface area contributed by atoms with Gasteiger partial charge in [0.15, 0.2) is 0 Å². The van der Waals surface area contributed by atoms with Crippen molar-refractivity contribution in [2.45, 2.75) is 0 Å². The average molecular weight is 433 g/mol. The summed E-state index contributed by atoms with van der Waals surface area (Å²) in [6.07, 6.45) is 1.83. The van der Waals surface area contributed by atoms with Crippen LogP contribution in [0.25, 0.3) is 44.2 Å². The van der Waals surface area contributed by atoms with Gasteiger partial charge >= 0.3 is 19.5 Å². The Morgan fingerprint density at radius 1 is 0.556 bits per heavy atom. The number of fused-ring (bicyclic) bond motifs is 3. The minimum absolute atomic E-state index is 0. The number of nitrogens with zero attached hydrogens (tertiary/aromatic N) is 2. The molecule has 3 heteroatoms. The smallest absolute Gasteiger partial charge is 0.254 e. The molecule has 2 nitrogen and oxygen atoms in total. The van der Waals surface area contributed by atoms with Crippen LogP contribution in [-0.4, -0.2) is 9.97 Å². The molecule has 0 aliphatic rings. The van der Waals surface area contributed by atoms with Crippen molar-refractivity contribution in [1.82, 2.24) is 9.97 Å². The molecule has 3 aromatic carbocycles. The molecule has 0 aliphatic carbocycles. The van der Waals surface area contributed by atoms with Gasteiger partial charge in [0.05, 0.1) is 16.7 Å². The summed E-state index contributed by atoms with van der Waals surface area (Å²) in [7, 11) is 0. The van der Waals surface area contributed by atoms with Gasteiger partial charge in [-0.15, -0.1) is 0 Å². The van der Waals surface area contributed by atoms with Gasteiger partial charge in [0.1, 0.15) is 0 Å². The summed E-state index contributed by atoms with van der Waals surface area (Å²) in [6.45, 7) is 0. The minimum Gasteiger partial charge on any atom is -0.254 e. The van der Waals surface area contributed by atoms with Gasteiger partial charge in [-0.2, -0.15) is 0 Å². The molecule has 0 atom stereocenters. The van der Waals surface area contributed by atoms with E-state index in [4.69, 9.17) is 4.98 Å². The van der Waals surface area contributed by atoms with E-state index < -0.39 is 0 Å². The van der Waals surface area contributed by atoms with Crippen LogP contribution in [0.5, 0.6) is 0 Å². The van der Waals surface area contributed by atoms with Gasteiger partial charge in [-0.1, -0.05) is 78.9 Å². The normalized spacial score (nSPS) is 10.7. The molecule has 2 aromatic heterocycles. The van der Waals surface area contributed by atoms with Crippen molar-refractivity contribution in [3.8, 4) is 22.4 Å². The predicted molar refractivity (Wildman–Crippen MR) is 108 cm³/mol. The average Bonchev–Trinajstić information content (AvgIpc) is 2.74. The third kappa shape index (κ3) is 3.16. The molecule has 0 N–H and O–H groups in total. The first kappa shape index (κ1) is 17.5. The second-order valence-electron chi connectivity index (χ2n) is 6.33. The molecule has 5 rings (SSSR count). The maximum absolute atomic E-state index is 5.09. The summed E-state index contributed by atoms with van der Waals surface area (Å²) >= 11 is 0. The Bertz CT molecular complexity index is 1220. The van der Waals surface area contributed by atoms with Crippen LogP contribution in [0, 0.1) is 0 Å². The van der Waals surface area contributed by atoms with Crippen molar-refractivity contribution in [1.29, 1.82) is 0 Å². The zero-order valence-electron chi connectivity index (χ0n) is 14.5. The molecule has 0 saturated heterocycles. The Hall–Kier alpha value is -2.90. The maximum Gasteiger partial charge on any atom is 2.00 e. The molecule has 0 aliphatic heterocycles. The van der Waals surface area contributed by atoms with E-state index in [2.05, 4.69) is 77.8 Å². The molecular weight excluding hydrogens is 417 g/mol. The Morgan fingerprint density at radius 2 is 1.22 bits per heavy atom. The first-order chi connectivity index (χ1) is 12.9. The van der Waals surface area contributed by atoms with E-state index >= 15 is 0 Å². The molecule has 128 valence electrons. The van der Waals surface area contributed by atoms with E-state index in [0.29, 0.717) is 0 Å².